The highest BCUT2D eigenvalue weighted by Crippen LogP contribution is 2.38. The molecule has 5 nitrogen and oxygen atoms in total. The van der Waals surface area contributed by atoms with Crippen LogP contribution in [0.3, 0.4) is 0 Å². The van der Waals surface area contributed by atoms with Crippen molar-refractivity contribution in [2.75, 3.05) is 6.61 Å². The molecule has 0 aliphatic heterocycles. The molecule has 0 saturated heterocycles. The first-order valence-electron chi connectivity index (χ1n) is 9.64. The van der Waals surface area contributed by atoms with Gasteiger partial charge in [-0.1, -0.05) is 30.3 Å². The van der Waals surface area contributed by atoms with E-state index in [1.807, 2.05) is 45.0 Å². The maximum absolute atomic E-state index is 12.4. The van der Waals surface area contributed by atoms with Crippen molar-refractivity contribution >= 4 is 11.9 Å². The lowest BCUT2D eigenvalue weighted by Gasteiger charge is -2.14. The van der Waals surface area contributed by atoms with Gasteiger partial charge >= 0.3 is 5.97 Å². The van der Waals surface area contributed by atoms with Gasteiger partial charge in [0.25, 0.3) is 5.91 Å². The number of carbonyl (C=O) groups is 2. The van der Waals surface area contributed by atoms with Gasteiger partial charge in [0.05, 0.1) is 5.56 Å². The van der Waals surface area contributed by atoms with Crippen LogP contribution in [0, 0.1) is 13.8 Å². The molecule has 1 aromatic heterocycles. The number of amides is 1. The topological polar surface area (TPSA) is 60.3 Å². The quantitative estimate of drug-likeness (QED) is 0.722. The number of aromatic nitrogens is 1. The van der Waals surface area contributed by atoms with Gasteiger partial charge in [-0.15, -0.1) is 0 Å². The summed E-state index contributed by atoms with van der Waals surface area (Å²) in [6.45, 7) is 5.66. The lowest BCUT2D eigenvalue weighted by atomic mass is 10.1. The molecule has 1 aliphatic carbocycles. The van der Waals surface area contributed by atoms with Crippen molar-refractivity contribution in [2.24, 2.45) is 0 Å². The van der Waals surface area contributed by atoms with Crippen molar-refractivity contribution in [2.45, 2.75) is 58.5 Å². The molecule has 1 saturated carbocycles. The van der Waals surface area contributed by atoms with Crippen molar-refractivity contribution in [1.29, 1.82) is 0 Å². The van der Waals surface area contributed by atoms with E-state index in [-0.39, 0.29) is 18.6 Å². The zero-order chi connectivity index (χ0) is 19.4. The minimum atomic E-state index is -0.429. The molecule has 2 aromatic rings. The Morgan fingerprint density at radius 3 is 2.59 bits per heavy atom. The summed E-state index contributed by atoms with van der Waals surface area (Å²) in [7, 11) is 0. The zero-order valence-electron chi connectivity index (χ0n) is 16.3. The molecule has 1 atom stereocenters. The Labute approximate surface area is 160 Å². The van der Waals surface area contributed by atoms with E-state index in [2.05, 4.69) is 22.0 Å². The summed E-state index contributed by atoms with van der Waals surface area (Å²) in [6.07, 6.45) is 4.06. The summed E-state index contributed by atoms with van der Waals surface area (Å²) in [5, 5.41) is 2.90. The molecule has 0 bridgehead atoms. The lowest BCUT2D eigenvalue weighted by Crippen LogP contribution is -2.36. The first-order chi connectivity index (χ1) is 13.0. The van der Waals surface area contributed by atoms with Crippen LogP contribution >= 0.6 is 0 Å². The summed E-state index contributed by atoms with van der Waals surface area (Å²) >= 11 is 0. The van der Waals surface area contributed by atoms with Crippen molar-refractivity contribution in [3.8, 4) is 0 Å². The van der Waals surface area contributed by atoms with Gasteiger partial charge in [0, 0.05) is 23.5 Å². The molecule has 1 fully saturated rings. The molecule has 144 valence electrons. The second kappa shape index (κ2) is 8.42. The van der Waals surface area contributed by atoms with E-state index in [1.165, 1.54) is 5.56 Å². The maximum atomic E-state index is 12.4. The standard InChI is InChI=1S/C22H28N2O3/c1-15(9-10-18-7-5-4-6-8-18)23-21(25)14-27-22(26)20-13-16(2)24(17(20)3)19-11-12-19/h4-8,13,15,19H,9-12,14H2,1-3H3,(H,23,25)/t15-/m0/s1. The molecule has 0 unspecified atom stereocenters. The molecule has 3 rings (SSSR count). The number of hydrogen-bond donors (Lipinski definition) is 1. The van der Waals surface area contributed by atoms with E-state index >= 15 is 0 Å². The number of nitrogens with one attached hydrogen (secondary N) is 1. The molecule has 1 aromatic carbocycles. The molecule has 1 aliphatic rings. The van der Waals surface area contributed by atoms with Crippen molar-refractivity contribution in [3.05, 3.63) is 58.9 Å². The van der Waals surface area contributed by atoms with Crippen LogP contribution in [0.5, 0.6) is 0 Å². The Kier molecular flexibility index (Phi) is 5.99. The molecular formula is C22H28N2O3. The highest BCUT2D eigenvalue weighted by atomic mass is 16.5. The monoisotopic (exact) mass is 368 g/mol. The highest BCUT2D eigenvalue weighted by Gasteiger charge is 2.28. The number of hydrogen-bond acceptors (Lipinski definition) is 3. The van der Waals surface area contributed by atoms with Crippen LogP contribution in [0.2, 0.25) is 0 Å². The Morgan fingerprint density at radius 1 is 1.22 bits per heavy atom. The first kappa shape index (κ1) is 19.2. The van der Waals surface area contributed by atoms with Crippen LogP contribution in [0.4, 0.5) is 0 Å². The molecule has 5 heteroatoms. The van der Waals surface area contributed by atoms with E-state index in [0.29, 0.717) is 11.6 Å². The molecule has 0 radical (unpaired) electrons. The van der Waals surface area contributed by atoms with Crippen LogP contribution in [0.25, 0.3) is 0 Å². The molecule has 0 spiro atoms. The molecule has 1 amide bonds. The Hall–Kier alpha value is -2.56. The average molecular weight is 368 g/mol. The summed E-state index contributed by atoms with van der Waals surface area (Å²) in [5.41, 5.74) is 3.80. The van der Waals surface area contributed by atoms with E-state index in [9.17, 15) is 9.59 Å². The molecule has 1 N–H and O–H groups in total. The number of esters is 1. The summed E-state index contributed by atoms with van der Waals surface area (Å²) in [4.78, 5) is 24.4. The third-order valence-corrected chi connectivity index (χ3v) is 5.07. The normalized spacial score (nSPS) is 14.6. The van der Waals surface area contributed by atoms with E-state index in [1.54, 1.807) is 0 Å². The van der Waals surface area contributed by atoms with Gasteiger partial charge in [0.1, 0.15) is 0 Å². The fraction of sp³-hybridized carbons (Fsp3) is 0.455. The number of aryl methyl sites for hydroxylation is 2. The number of rotatable bonds is 8. The van der Waals surface area contributed by atoms with Crippen LogP contribution in [0.1, 0.15) is 59.5 Å². The Morgan fingerprint density at radius 2 is 1.93 bits per heavy atom. The second-order valence-electron chi connectivity index (χ2n) is 7.45. The SMILES string of the molecule is Cc1cc(C(=O)OCC(=O)N[C@@H](C)CCc2ccccc2)c(C)n1C1CC1. The van der Waals surface area contributed by atoms with Crippen LogP contribution in [-0.4, -0.2) is 29.1 Å². The van der Waals surface area contributed by atoms with Gasteiger partial charge in [-0.3, -0.25) is 4.79 Å². The van der Waals surface area contributed by atoms with E-state index < -0.39 is 5.97 Å². The predicted octanol–water partition coefficient (Wildman–Crippen LogP) is 3.73. The maximum Gasteiger partial charge on any atom is 0.340 e. The fourth-order valence-corrected chi connectivity index (χ4v) is 3.50. The molecular weight excluding hydrogens is 340 g/mol. The lowest BCUT2D eigenvalue weighted by molar-refractivity contribution is -0.124. The number of carbonyl (C=O) groups excluding carboxylic acids is 2. The van der Waals surface area contributed by atoms with Gasteiger partial charge < -0.3 is 14.6 Å². The van der Waals surface area contributed by atoms with Crippen molar-refractivity contribution in [1.82, 2.24) is 9.88 Å². The van der Waals surface area contributed by atoms with E-state index in [4.69, 9.17) is 4.74 Å². The summed E-state index contributed by atoms with van der Waals surface area (Å²) in [6, 6.07) is 12.6. The Balaban J connectivity index is 1.44. The first-order valence-corrected chi connectivity index (χ1v) is 9.64. The zero-order valence-corrected chi connectivity index (χ0v) is 16.3. The number of nitrogens with zero attached hydrogens (tertiary/aromatic N) is 1. The minimum Gasteiger partial charge on any atom is -0.452 e. The average Bonchev–Trinajstić information content (AvgIpc) is 3.43. The molecule has 27 heavy (non-hydrogen) atoms. The van der Waals surface area contributed by atoms with Gasteiger partial charge in [0.15, 0.2) is 6.61 Å². The largest absolute Gasteiger partial charge is 0.452 e. The van der Waals surface area contributed by atoms with Gasteiger partial charge in [-0.2, -0.15) is 0 Å². The third-order valence-electron chi connectivity index (χ3n) is 5.07. The Bertz CT molecular complexity index is 806. The third kappa shape index (κ3) is 5.00. The van der Waals surface area contributed by atoms with Crippen LogP contribution in [-0.2, 0) is 16.0 Å². The van der Waals surface area contributed by atoms with E-state index in [0.717, 1.165) is 37.1 Å². The number of ether oxygens (including phenoxy) is 1. The fourth-order valence-electron chi connectivity index (χ4n) is 3.50. The second-order valence-corrected chi connectivity index (χ2v) is 7.45. The van der Waals surface area contributed by atoms with Gasteiger partial charge in [-0.05, 0) is 58.1 Å². The van der Waals surface area contributed by atoms with Gasteiger partial charge in [0.2, 0.25) is 0 Å². The molecule has 1 heterocycles. The predicted molar refractivity (Wildman–Crippen MR) is 105 cm³/mol. The van der Waals surface area contributed by atoms with Crippen molar-refractivity contribution in [3.63, 3.8) is 0 Å². The number of benzene rings is 1. The highest BCUT2D eigenvalue weighted by molar-refractivity contribution is 5.92. The minimum absolute atomic E-state index is 0.0244. The summed E-state index contributed by atoms with van der Waals surface area (Å²) < 4.78 is 7.44. The van der Waals surface area contributed by atoms with Crippen LogP contribution < -0.4 is 5.32 Å². The summed E-state index contributed by atoms with van der Waals surface area (Å²) in [5.74, 6) is -0.693. The smallest absolute Gasteiger partial charge is 0.340 e. The van der Waals surface area contributed by atoms with Crippen molar-refractivity contribution < 1.29 is 14.3 Å². The van der Waals surface area contributed by atoms with Crippen LogP contribution in [0.15, 0.2) is 36.4 Å². The van der Waals surface area contributed by atoms with Gasteiger partial charge in [-0.25, -0.2) is 4.79 Å².